The third kappa shape index (κ3) is 3.75. The van der Waals surface area contributed by atoms with Gasteiger partial charge in [-0.15, -0.1) is 0 Å². The fraction of sp³-hybridized carbons (Fsp3) is 0.545. The molecule has 0 saturated carbocycles. The van der Waals surface area contributed by atoms with Crippen LogP contribution in [0, 0.1) is 0 Å². The van der Waals surface area contributed by atoms with Gasteiger partial charge < -0.3 is 15.8 Å². The number of nitrogens with zero attached hydrogens (tertiary/aromatic N) is 1. The molecule has 1 unspecified atom stereocenters. The van der Waals surface area contributed by atoms with E-state index in [0.29, 0.717) is 12.4 Å². The van der Waals surface area contributed by atoms with E-state index in [9.17, 15) is 0 Å². The van der Waals surface area contributed by atoms with Gasteiger partial charge in [0, 0.05) is 18.8 Å². The van der Waals surface area contributed by atoms with Gasteiger partial charge in [-0.1, -0.05) is 0 Å². The maximum absolute atomic E-state index is 5.58. The first-order valence-electron chi connectivity index (χ1n) is 5.21. The maximum Gasteiger partial charge on any atom is 0.237 e. The van der Waals surface area contributed by atoms with Gasteiger partial charge in [-0.2, -0.15) is 0 Å². The van der Waals surface area contributed by atoms with Crippen LogP contribution in [0.1, 0.15) is 20.8 Å². The molecule has 1 heterocycles. The molecule has 4 nitrogen and oxygen atoms in total. The first-order valence-corrected chi connectivity index (χ1v) is 5.21. The molecule has 0 radical (unpaired) electrons. The van der Waals surface area contributed by atoms with Crippen LogP contribution in [0.5, 0.6) is 5.88 Å². The summed E-state index contributed by atoms with van der Waals surface area (Å²) in [5.41, 5.74) is 6.44. The highest BCUT2D eigenvalue weighted by Crippen LogP contribution is 2.22. The van der Waals surface area contributed by atoms with Crippen molar-refractivity contribution in [3.05, 3.63) is 18.3 Å². The number of hydrogen-bond acceptors (Lipinski definition) is 4. The maximum atomic E-state index is 5.58. The SMILES string of the molecule is CC(CN)Nc1cccnc1OC(C)C. The number of nitrogens with two attached hydrogens (primary N) is 1. The van der Waals surface area contributed by atoms with Crippen molar-refractivity contribution in [1.82, 2.24) is 4.98 Å². The van der Waals surface area contributed by atoms with Crippen molar-refractivity contribution in [1.29, 1.82) is 0 Å². The molecule has 1 atom stereocenters. The summed E-state index contributed by atoms with van der Waals surface area (Å²) in [5.74, 6) is 0.632. The highest BCUT2D eigenvalue weighted by atomic mass is 16.5. The quantitative estimate of drug-likeness (QED) is 0.773. The van der Waals surface area contributed by atoms with Gasteiger partial charge in [-0.3, -0.25) is 0 Å². The fourth-order valence-electron chi connectivity index (χ4n) is 1.14. The molecule has 0 aliphatic heterocycles. The van der Waals surface area contributed by atoms with Crippen LogP contribution in [-0.4, -0.2) is 23.7 Å². The average molecular weight is 209 g/mol. The van der Waals surface area contributed by atoms with Crippen LogP contribution >= 0.6 is 0 Å². The lowest BCUT2D eigenvalue weighted by Gasteiger charge is -2.17. The monoisotopic (exact) mass is 209 g/mol. The summed E-state index contributed by atoms with van der Waals surface area (Å²) in [6.45, 7) is 6.55. The minimum atomic E-state index is 0.119. The molecule has 0 saturated heterocycles. The van der Waals surface area contributed by atoms with Crippen LogP contribution < -0.4 is 15.8 Å². The van der Waals surface area contributed by atoms with Crippen LogP contribution in [0.3, 0.4) is 0 Å². The van der Waals surface area contributed by atoms with E-state index in [2.05, 4.69) is 10.3 Å². The van der Waals surface area contributed by atoms with E-state index in [1.807, 2.05) is 32.9 Å². The molecule has 1 aromatic heterocycles. The number of pyridine rings is 1. The molecule has 0 spiro atoms. The molecule has 0 aliphatic rings. The predicted molar refractivity (Wildman–Crippen MR) is 62.1 cm³/mol. The van der Waals surface area contributed by atoms with Gasteiger partial charge in [-0.25, -0.2) is 4.98 Å². The smallest absolute Gasteiger partial charge is 0.237 e. The zero-order chi connectivity index (χ0) is 11.3. The largest absolute Gasteiger partial charge is 0.473 e. The molecule has 4 heteroatoms. The molecule has 1 rings (SSSR count). The molecule has 15 heavy (non-hydrogen) atoms. The topological polar surface area (TPSA) is 60.2 Å². The Hall–Kier alpha value is -1.29. The van der Waals surface area contributed by atoms with E-state index in [0.717, 1.165) is 5.69 Å². The van der Waals surface area contributed by atoms with E-state index in [4.69, 9.17) is 10.5 Å². The van der Waals surface area contributed by atoms with Gasteiger partial charge in [0.05, 0.1) is 11.8 Å². The van der Waals surface area contributed by atoms with Crippen LogP contribution in [0.15, 0.2) is 18.3 Å². The number of nitrogens with one attached hydrogen (secondary N) is 1. The summed E-state index contributed by atoms with van der Waals surface area (Å²) >= 11 is 0. The first-order chi connectivity index (χ1) is 7.13. The summed E-state index contributed by atoms with van der Waals surface area (Å²) in [7, 11) is 0. The molecule has 0 fully saturated rings. The summed E-state index contributed by atoms with van der Waals surface area (Å²) in [6, 6.07) is 4.03. The Kier molecular flexibility index (Phi) is 4.37. The zero-order valence-corrected chi connectivity index (χ0v) is 9.53. The number of rotatable bonds is 5. The molecular formula is C11H19N3O. The Morgan fingerprint density at radius 2 is 2.20 bits per heavy atom. The summed E-state index contributed by atoms with van der Waals surface area (Å²) in [4.78, 5) is 4.18. The fourth-order valence-corrected chi connectivity index (χ4v) is 1.14. The van der Waals surface area contributed by atoms with Crippen LogP contribution in [0.2, 0.25) is 0 Å². The summed E-state index contributed by atoms with van der Waals surface area (Å²) in [5, 5.41) is 3.25. The van der Waals surface area contributed by atoms with Crippen molar-refractivity contribution in [3.8, 4) is 5.88 Å². The lowest BCUT2D eigenvalue weighted by Crippen LogP contribution is -2.25. The third-order valence-corrected chi connectivity index (χ3v) is 1.87. The molecule has 0 bridgehead atoms. The van der Waals surface area contributed by atoms with Crippen molar-refractivity contribution in [2.75, 3.05) is 11.9 Å². The molecule has 1 aromatic rings. The Balaban J connectivity index is 2.76. The summed E-state index contributed by atoms with van der Waals surface area (Å²) in [6.07, 6.45) is 1.84. The lowest BCUT2D eigenvalue weighted by molar-refractivity contribution is 0.234. The van der Waals surface area contributed by atoms with Gasteiger partial charge in [-0.05, 0) is 32.9 Å². The van der Waals surface area contributed by atoms with Gasteiger partial charge >= 0.3 is 0 Å². The van der Waals surface area contributed by atoms with Crippen LogP contribution in [0.4, 0.5) is 5.69 Å². The molecule has 84 valence electrons. The summed E-state index contributed by atoms with van der Waals surface area (Å²) < 4.78 is 5.58. The Bertz CT molecular complexity index is 302. The average Bonchev–Trinajstić information content (AvgIpc) is 2.20. The van der Waals surface area contributed by atoms with E-state index in [1.54, 1.807) is 6.20 Å². The molecule has 3 N–H and O–H groups in total. The Morgan fingerprint density at radius 3 is 2.80 bits per heavy atom. The normalized spacial score (nSPS) is 12.6. The molecule has 0 aromatic carbocycles. The van der Waals surface area contributed by atoms with Gasteiger partial charge in [0.2, 0.25) is 5.88 Å². The highest BCUT2D eigenvalue weighted by molar-refractivity contribution is 5.52. The second-order valence-corrected chi connectivity index (χ2v) is 3.80. The van der Waals surface area contributed by atoms with Gasteiger partial charge in [0.1, 0.15) is 0 Å². The van der Waals surface area contributed by atoms with Gasteiger partial charge in [0.15, 0.2) is 0 Å². The van der Waals surface area contributed by atoms with E-state index >= 15 is 0 Å². The number of ether oxygens (including phenoxy) is 1. The Morgan fingerprint density at radius 1 is 1.47 bits per heavy atom. The van der Waals surface area contributed by atoms with Crippen molar-refractivity contribution < 1.29 is 4.74 Å². The zero-order valence-electron chi connectivity index (χ0n) is 9.53. The van der Waals surface area contributed by atoms with E-state index in [1.165, 1.54) is 0 Å². The van der Waals surface area contributed by atoms with Crippen molar-refractivity contribution in [2.24, 2.45) is 5.73 Å². The minimum Gasteiger partial charge on any atom is -0.473 e. The second kappa shape index (κ2) is 5.56. The van der Waals surface area contributed by atoms with Gasteiger partial charge in [0.25, 0.3) is 0 Å². The van der Waals surface area contributed by atoms with E-state index < -0.39 is 0 Å². The predicted octanol–water partition coefficient (Wildman–Crippen LogP) is 1.63. The van der Waals surface area contributed by atoms with Crippen molar-refractivity contribution >= 4 is 5.69 Å². The lowest BCUT2D eigenvalue weighted by atomic mass is 10.3. The molecular weight excluding hydrogens is 190 g/mol. The third-order valence-electron chi connectivity index (χ3n) is 1.87. The minimum absolute atomic E-state index is 0.119. The highest BCUT2D eigenvalue weighted by Gasteiger charge is 2.08. The van der Waals surface area contributed by atoms with Crippen LogP contribution in [-0.2, 0) is 0 Å². The molecule has 0 amide bonds. The number of aromatic nitrogens is 1. The number of hydrogen-bond donors (Lipinski definition) is 2. The number of anilines is 1. The second-order valence-electron chi connectivity index (χ2n) is 3.80. The van der Waals surface area contributed by atoms with Crippen molar-refractivity contribution in [3.63, 3.8) is 0 Å². The Labute approximate surface area is 90.8 Å². The van der Waals surface area contributed by atoms with Crippen molar-refractivity contribution in [2.45, 2.75) is 32.9 Å². The molecule has 0 aliphatic carbocycles. The van der Waals surface area contributed by atoms with Crippen LogP contribution in [0.25, 0.3) is 0 Å². The first kappa shape index (κ1) is 11.8. The standard InChI is InChI=1S/C11H19N3O/c1-8(2)15-11-10(5-4-6-13-11)14-9(3)7-12/h4-6,8-9,14H,7,12H2,1-3H3. The van der Waals surface area contributed by atoms with E-state index in [-0.39, 0.29) is 12.1 Å².